The van der Waals surface area contributed by atoms with Crippen molar-refractivity contribution in [3.63, 3.8) is 0 Å². The summed E-state index contributed by atoms with van der Waals surface area (Å²) in [6, 6.07) is 39.9. The van der Waals surface area contributed by atoms with Crippen molar-refractivity contribution in [2.24, 2.45) is 5.41 Å². The number of nitriles is 1. The van der Waals surface area contributed by atoms with E-state index in [-0.39, 0.29) is 23.0 Å². The number of nitrogens with zero attached hydrogens (tertiary/aromatic N) is 1. The van der Waals surface area contributed by atoms with Gasteiger partial charge >= 0.3 is 0 Å². The number of benzene rings is 5. The van der Waals surface area contributed by atoms with E-state index in [0.717, 1.165) is 9.76 Å². The fourth-order valence-corrected chi connectivity index (χ4v) is 8.90. The maximum Gasteiger partial charge on any atom is 0.0784 e. The minimum absolute atomic E-state index is 0.0802. The first kappa shape index (κ1) is 23.7. The van der Waals surface area contributed by atoms with Crippen LogP contribution < -0.4 is 0 Å². The second kappa shape index (κ2) is 8.80. The van der Waals surface area contributed by atoms with Crippen LogP contribution in [0.15, 0.2) is 103 Å². The van der Waals surface area contributed by atoms with Crippen molar-refractivity contribution in [1.82, 2.24) is 0 Å². The zero-order valence-electron chi connectivity index (χ0n) is 21.4. The molecule has 0 N–H and O–H groups in total. The van der Waals surface area contributed by atoms with E-state index in [0.29, 0.717) is 0 Å². The summed E-state index contributed by atoms with van der Waals surface area (Å²) in [4.78, 5) is 0. The minimum Gasteiger partial charge on any atom is -0.198 e. The Balaban J connectivity index is 1.47. The van der Waals surface area contributed by atoms with Crippen LogP contribution in [0.5, 0.6) is 0 Å². The molecule has 0 unspecified atom stereocenters. The van der Waals surface area contributed by atoms with Gasteiger partial charge in [-0.1, -0.05) is 115 Å². The van der Waals surface area contributed by atoms with E-state index in [9.17, 15) is 5.26 Å². The molecule has 0 fully saturated rings. The Morgan fingerprint density at radius 3 is 1.82 bits per heavy atom. The molecular formula is C35H27NS2. The first-order valence-electron chi connectivity index (χ1n) is 13.2. The van der Waals surface area contributed by atoms with Gasteiger partial charge < -0.3 is 0 Å². The average molecular weight is 526 g/mol. The summed E-state index contributed by atoms with van der Waals surface area (Å²) in [7, 11) is 0. The highest BCUT2D eigenvalue weighted by Crippen LogP contribution is 2.66. The van der Waals surface area contributed by atoms with Gasteiger partial charge in [0.25, 0.3) is 0 Å². The summed E-state index contributed by atoms with van der Waals surface area (Å²) in [5.41, 5.74) is 6.00. The largest absolute Gasteiger partial charge is 0.198 e. The first-order chi connectivity index (χ1) is 18.5. The molecule has 0 aromatic heterocycles. The summed E-state index contributed by atoms with van der Waals surface area (Å²) >= 11 is 7.89. The molecule has 3 heteroatoms. The number of hydrogen-bond acceptors (Lipinski definition) is 3. The van der Waals surface area contributed by atoms with Crippen LogP contribution in [-0.4, -0.2) is 4.20 Å². The van der Waals surface area contributed by atoms with Crippen LogP contribution in [0, 0.1) is 16.7 Å². The number of rotatable bonds is 4. The lowest BCUT2D eigenvalue weighted by Crippen LogP contribution is -2.28. The van der Waals surface area contributed by atoms with Gasteiger partial charge in [-0.2, -0.15) is 5.26 Å². The van der Waals surface area contributed by atoms with Gasteiger partial charge in [0, 0.05) is 23.0 Å². The number of hydrogen-bond donors (Lipinski definition) is 0. The summed E-state index contributed by atoms with van der Waals surface area (Å²) in [5.74, 6) is 0.440. The van der Waals surface area contributed by atoms with E-state index in [2.05, 4.69) is 117 Å². The third-order valence-corrected chi connectivity index (χ3v) is 10.5. The number of thiocarbonyl (C=S) groups is 1. The van der Waals surface area contributed by atoms with Crippen molar-refractivity contribution in [2.45, 2.75) is 36.9 Å². The molecule has 1 nitrogen and oxygen atoms in total. The fraction of sp³-hybridized carbons (Fsp3) is 0.200. The van der Waals surface area contributed by atoms with E-state index in [1.54, 1.807) is 0 Å². The molecule has 0 aliphatic heterocycles. The van der Waals surface area contributed by atoms with E-state index in [4.69, 9.17) is 12.2 Å². The molecule has 0 saturated carbocycles. The molecule has 0 bridgehead atoms. The molecule has 184 valence electrons. The van der Waals surface area contributed by atoms with Crippen LogP contribution in [-0.2, 0) is 0 Å². The Morgan fingerprint density at radius 1 is 0.684 bits per heavy atom. The normalized spacial score (nSPS) is 21.6. The molecule has 2 aliphatic carbocycles. The SMILES string of the molecule is CC(C)(C#N)[C@H]1c2cccc3cccc(c23)[C@@H]1[C@H]1c2cccc3cccc(c23)[C@@H]1SC(=S)c1ccccc1. The van der Waals surface area contributed by atoms with Gasteiger partial charge in [-0.3, -0.25) is 0 Å². The number of thioether (sulfide) groups is 1. The summed E-state index contributed by atoms with van der Waals surface area (Å²) in [6.07, 6.45) is 0. The van der Waals surface area contributed by atoms with Crippen molar-refractivity contribution in [3.8, 4) is 6.07 Å². The lowest BCUT2D eigenvalue weighted by atomic mass is 9.66. The van der Waals surface area contributed by atoms with Crippen LogP contribution in [0.4, 0.5) is 0 Å². The average Bonchev–Trinajstić information content (AvgIpc) is 3.45. The van der Waals surface area contributed by atoms with Gasteiger partial charge in [-0.15, -0.1) is 11.8 Å². The Kier molecular flexibility index (Phi) is 5.48. The van der Waals surface area contributed by atoms with Crippen molar-refractivity contribution in [3.05, 3.63) is 131 Å². The lowest BCUT2D eigenvalue weighted by molar-refractivity contribution is 0.313. The Labute approximate surface area is 233 Å². The van der Waals surface area contributed by atoms with Gasteiger partial charge in [-0.05, 0) is 63.2 Å². The second-order valence-corrected chi connectivity index (χ2v) is 13.0. The van der Waals surface area contributed by atoms with Crippen LogP contribution in [0.2, 0.25) is 0 Å². The predicted octanol–water partition coefficient (Wildman–Crippen LogP) is 9.67. The molecular weight excluding hydrogens is 499 g/mol. The predicted molar refractivity (Wildman–Crippen MR) is 164 cm³/mol. The maximum absolute atomic E-state index is 10.5. The zero-order valence-corrected chi connectivity index (χ0v) is 23.0. The smallest absolute Gasteiger partial charge is 0.0784 e. The van der Waals surface area contributed by atoms with Gasteiger partial charge in [-0.25, -0.2) is 0 Å². The van der Waals surface area contributed by atoms with Crippen LogP contribution >= 0.6 is 24.0 Å². The van der Waals surface area contributed by atoms with Crippen molar-refractivity contribution >= 4 is 49.7 Å². The highest BCUT2D eigenvalue weighted by Gasteiger charge is 2.51. The molecule has 0 heterocycles. The van der Waals surface area contributed by atoms with E-state index < -0.39 is 5.41 Å². The molecule has 4 atom stereocenters. The minimum atomic E-state index is -0.532. The highest BCUT2D eigenvalue weighted by molar-refractivity contribution is 8.23. The molecule has 38 heavy (non-hydrogen) atoms. The van der Waals surface area contributed by atoms with Crippen LogP contribution in [0.1, 0.15) is 64.7 Å². The standard InChI is InChI=1S/C35H27NS2/c1-35(2,20-36)32-26-18-8-14-21-12-6-16-24(28(21)26)30(32)31-25-17-7-13-22-15-9-19-27(29(22)25)33(31)38-34(37)23-10-4-3-5-11-23/h3-19,30-33H,1-2H3/t30-,31-,32+,33+/m1/s1. The van der Waals surface area contributed by atoms with Crippen molar-refractivity contribution in [2.75, 3.05) is 0 Å². The molecule has 7 rings (SSSR count). The summed E-state index contributed by atoms with van der Waals surface area (Å²) in [5, 5.41) is 15.9. The second-order valence-electron chi connectivity index (χ2n) is 11.1. The van der Waals surface area contributed by atoms with E-state index in [1.165, 1.54) is 43.8 Å². The molecule has 0 radical (unpaired) electrons. The quantitative estimate of drug-likeness (QED) is 0.218. The monoisotopic (exact) mass is 525 g/mol. The molecule has 2 aliphatic rings. The van der Waals surface area contributed by atoms with Crippen LogP contribution in [0.25, 0.3) is 21.5 Å². The molecule has 5 aromatic carbocycles. The van der Waals surface area contributed by atoms with Gasteiger partial charge in [0.1, 0.15) is 0 Å². The molecule has 5 aromatic rings. The highest BCUT2D eigenvalue weighted by atomic mass is 32.2. The fourth-order valence-electron chi connectivity index (χ4n) is 7.17. The Morgan fingerprint density at radius 2 is 1.21 bits per heavy atom. The van der Waals surface area contributed by atoms with Crippen LogP contribution in [0.3, 0.4) is 0 Å². The summed E-state index contributed by atoms with van der Waals surface area (Å²) in [6.45, 7) is 4.24. The Hall–Kier alpha value is -3.45. The third kappa shape index (κ3) is 3.40. The topological polar surface area (TPSA) is 23.8 Å². The molecule has 0 saturated heterocycles. The zero-order chi connectivity index (χ0) is 26.0. The first-order valence-corrected chi connectivity index (χ1v) is 14.5. The molecule has 0 spiro atoms. The maximum atomic E-state index is 10.5. The van der Waals surface area contributed by atoms with E-state index >= 15 is 0 Å². The van der Waals surface area contributed by atoms with Gasteiger partial charge in [0.15, 0.2) is 0 Å². The van der Waals surface area contributed by atoms with Crippen molar-refractivity contribution in [1.29, 1.82) is 5.26 Å². The Bertz CT molecular complexity index is 1770. The summed E-state index contributed by atoms with van der Waals surface area (Å²) < 4.78 is 0.926. The van der Waals surface area contributed by atoms with Gasteiger partial charge in [0.05, 0.1) is 15.7 Å². The van der Waals surface area contributed by atoms with Gasteiger partial charge in [0.2, 0.25) is 0 Å². The molecule has 0 amide bonds. The lowest BCUT2D eigenvalue weighted by Gasteiger charge is -2.38. The van der Waals surface area contributed by atoms with E-state index in [1.807, 2.05) is 17.8 Å². The third-order valence-electron chi connectivity index (χ3n) is 8.68. The van der Waals surface area contributed by atoms with Crippen molar-refractivity contribution < 1.29 is 0 Å².